The smallest absolute Gasteiger partial charge is 0.224 e. The second-order valence-electron chi connectivity index (χ2n) is 3.28. The number of rotatable bonds is 3. The van der Waals surface area contributed by atoms with Gasteiger partial charge < -0.3 is 10.5 Å². The van der Waals surface area contributed by atoms with Gasteiger partial charge in [-0.15, -0.1) is 0 Å². The summed E-state index contributed by atoms with van der Waals surface area (Å²) in [5.41, 5.74) is 5.47. The lowest BCUT2D eigenvalue weighted by atomic mass is 10.3. The van der Waals surface area contributed by atoms with Crippen LogP contribution in [0.5, 0.6) is 5.88 Å². The average molecular weight is 269 g/mol. The van der Waals surface area contributed by atoms with E-state index in [9.17, 15) is 8.78 Å². The Labute approximate surface area is 106 Å². The van der Waals surface area contributed by atoms with Crippen molar-refractivity contribution >= 4 is 17.7 Å². The Kier molecular flexibility index (Phi) is 3.61. The molecule has 0 aliphatic carbocycles. The monoisotopic (exact) mass is 269 g/mol. The first-order valence-corrected chi connectivity index (χ1v) is 5.71. The molecule has 1 aromatic carbocycles. The molecule has 1 heterocycles. The normalized spacial score (nSPS) is 10.4. The van der Waals surface area contributed by atoms with Crippen LogP contribution < -0.4 is 10.5 Å². The van der Waals surface area contributed by atoms with Crippen LogP contribution in [0.25, 0.3) is 0 Å². The van der Waals surface area contributed by atoms with Crippen molar-refractivity contribution in [3.63, 3.8) is 0 Å². The lowest BCUT2D eigenvalue weighted by Crippen LogP contribution is -1.98. The summed E-state index contributed by atoms with van der Waals surface area (Å²) in [5.74, 6) is -0.777. The number of methoxy groups -OCH3 is 1. The fraction of sp³-hybridized carbons (Fsp3) is 0.0909. The Morgan fingerprint density at radius 3 is 2.72 bits per heavy atom. The first kappa shape index (κ1) is 12.6. The van der Waals surface area contributed by atoms with Crippen molar-refractivity contribution in [3.05, 3.63) is 35.9 Å². The van der Waals surface area contributed by atoms with Crippen molar-refractivity contribution in [1.29, 1.82) is 0 Å². The van der Waals surface area contributed by atoms with E-state index in [2.05, 4.69) is 9.97 Å². The number of ether oxygens (including phenoxy) is 1. The molecule has 18 heavy (non-hydrogen) atoms. The summed E-state index contributed by atoms with van der Waals surface area (Å²) < 4.78 is 31.4. The molecule has 0 aliphatic heterocycles. The first-order chi connectivity index (χ1) is 8.58. The van der Waals surface area contributed by atoms with Gasteiger partial charge in [-0.25, -0.2) is 13.8 Å². The van der Waals surface area contributed by atoms with E-state index in [1.165, 1.54) is 13.2 Å². The number of hydrogen-bond donors (Lipinski definition) is 1. The Balaban J connectivity index is 2.33. The van der Waals surface area contributed by atoms with E-state index in [-0.39, 0.29) is 16.7 Å². The quantitative estimate of drug-likeness (QED) is 0.867. The van der Waals surface area contributed by atoms with E-state index in [0.717, 1.165) is 30.0 Å². The van der Waals surface area contributed by atoms with Gasteiger partial charge in [0, 0.05) is 6.07 Å². The molecule has 0 bridgehead atoms. The van der Waals surface area contributed by atoms with Crippen LogP contribution in [0, 0.1) is 11.6 Å². The fourth-order valence-corrected chi connectivity index (χ4v) is 2.11. The van der Waals surface area contributed by atoms with Crippen molar-refractivity contribution < 1.29 is 13.5 Å². The Morgan fingerprint density at radius 1 is 1.22 bits per heavy atom. The first-order valence-electron chi connectivity index (χ1n) is 4.90. The standard InChI is InChI=1S/C11H9F2N3OS/c1-17-9-5-10(16-11(14)15-9)18-8-4-6(12)2-3-7(8)13/h2-5H,1H3,(H2,14,15,16). The minimum atomic E-state index is -0.530. The van der Waals surface area contributed by atoms with Crippen molar-refractivity contribution in [2.75, 3.05) is 12.8 Å². The maximum Gasteiger partial charge on any atom is 0.224 e. The highest BCUT2D eigenvalue weighted by atomic mass is 32.2. The molecule has 0 saturated carbocycles. The minimum Gasteiger partial charge on any atom is -0.481 e. The zero-order valence-electron chi connectivity index (χ0n) is 9.35. The number of aromatic nitrogens is 2. The molecule has 0 aliphatic rings. The molecule has 2 N–H and O–H groups in total. The second kappa shape index (κ2) is 5.18. The Bertz CT molecular complexity index is 580. The van der Waals surface area contributed by atoms with Crippen molar-refractivity contribution in [2.45, 2.75) is 9.92 Å². The molecule has 0 amide bonds. The molecule has 0 fully saturated rings. The number of anilines is 1. The van der Waals surface area contributed by atoms with E-state index in [0.29, 0.717) is 5.03 Å². The largest absolute Gasteiger partial charge is 0.481 e. The van der Waals surface area contributed by atoms with E-state index in [1.807, 2.05) is 0 Å². The third-order valence-electron chi connectivity index (χ3n) is 2.01. The van der Waals surface area contributed by atoms with E-state index >= 15 is 0 Å². The maximum absolute atomic E-state index is 13.4. The van der Waals surface area contributed by atoms with Crippen molar-refractivity contribution in [2.24, 2.45) is 0 Å². The molecule has 0 saturated heterocycles. The highest BCUT2D eigenvalue weighted by Gasteiger charge is 2.09. The molecule has 94 valence electrons. The SMILES string of the molecule is COc1cc(Sc2cc(F)ccc2F)nc(N)n1. The predicted molar refractivity (Wildman–Crippen MR) is 63.5 cm³/mol. The van der Waals surface area contributed by atoms with Crippen LogP contribution in [0.1, 0.15) is 0 Å². The molecule has 1 aromatic heterocycles. The Morgan fingerprint density at radius 2 is 2.00 bits per heavy atom. The molecule has 2 aromatic rings. The molecule has 0 spiro atoms. The van der Waals surface area contributed by atoms with Gasteiger partial charge in [0.15, 0.2) is 0 Å². The van der Waals surface area contributed by atoms with Crippen LogP contribution in [-0.4, -0.2) is 17.1 Å². The summed E-state index contributed by atoms with van der Waals surface area (Å²) in [7, 11) is 1.43. The van der Waals surface area contributed by atoms with Gasteiger partial charge in [-0.3, -0.25) is 0 Å². The average Bonchev–Trinajstić information content (AvgIpc) is 2.33. The number of nitrogens with two attached hydrogens (primary N) is 1. The maximum atomic E-state index is 13.4. The van der Waals surface area contributed by atoms with Gasteiger partial charge in [-0.2, -0.15) is 4.98 Å². The van der Waals surface area contributed by atoms with Crippen molar-refractivity contribution in [3.8, 4) is 5.88 Å². The van der Waals surface area contributed by atoms with Crippen LogP contribution >= 0.6 is 11.8 Å². The van der Waals surface area contributed by atoms with E-state index < -0.39 is 11.6 Å². The third kappa shape index (κ3) is 2.86. The zero-order valence-corrected chi connectivity index (χ0v) is 10.2. The highest BCUT2D eigenvalue weighted by molar-refractivity contribution is 7.99. The van der Waals surface area contributed by atoms with E-state index in [4.69, 9.17) is 10.5 Å². The van der Waals surface area contributed by atoms with Crippen LogP contribution in [0.4, 0.5) is 14.7 Å². The van der Waals surface area contributed by atoms with Crippen LogP contribution in [0.3, 0.4) is 0 Å². The number of halogens is 2. The van der Waals surface area contributed by atoms with Crippen LogP contribution in [0.2, 0.25) is 0 Å². The summed E-state index contributed by atoms with van der Waals surface area (Å²) in [6.07, 6.45) is 0. The zero-order chi connectivity index (χ0) is 13.1. The highest BCUT2D eigenvalue weighted by Crippen LogP contribution is 2.30. The summed E-state index contributed by atoms with van der Waals surface area (Å²) in [5, 5.41) is 0.379. The molecule has 4 nitrogen and oxygen atoms in total. The predicted octanol–water partition coefficient (Wildman–Crippen LogP) is 2.50. The van der Waals surface area contributed by atoms with Crippen molar-refractivity contribution in [1.82, 2.24) is 9.97 Å². The summed E-state index contributed by atoms with van der Waals surface area (Å²) in [6.45, 7) is 0. The fourth-order valence-electron chi connectivity index (χ4n) is 1.25. The van der Waals surface area contributed by atoms with Gasteiger partial charge in [0.05, 0.1) is 12.0 Å². The molecule has 0 atom stereocenters. The Hall–Kier alpha value is -1.89. The molecular formula is C11H9F2N3OS. The summed E-state index contributed by atoms with van der Waals surface area (Å²) in [4.78, 5) is 7.83. The topological polar surface area (TPSA) is 61.0 Å². The molecule has 2 rings (SSSR count). The second-order valence-corrected chi connectivity index (χ2v) is 4.35. The number of hydrogen-bond acceptors (Lipinski definition) is 5. The molecular weight excluding hydrogens is 260 g/mol. The lowest BCUT2D eigenvalue weighted by Gasteiger charge is -2.05. The molecule has 7 heteroatoms. The van der Waals surface area contributed by atoms with Gasteiger partial charge in [0.1, 0.15) is 16.7 Å². The van der Waals surface area contributed by atoms with Gasteiger partial charge in [-0.1, -0.05) is 11.8 Å². The lowest BCUT2D eigenvalue weighted by molar-refractivity contribution is 0.396. The number of nitrogens with zero attached hydrogens (tertiary/aromatic N) is 2. The van der Waals surface area contributed by atoms with E-state index in [1.54, 1.807) is 0 Å². The molecule has 0 unspecified atom stereocenters. The van der Waals surface area contributed by atoms with Gasteiger partial charge >= 0.3 is 0 Å². The third-order valence-corrected chi connectivity index (χ3v) is 2.96. The molecule has 0 radical (unpaired) electrons. The number of benzene rings is 1. The van der Waals surface area contributed by atoms with Crippen LogP contribution in [0.15, 0.2) is 34.2 Å². The van der Waals surface area contributed by atoms with Gasteiger partial charge in [0.2, 0.25) is 11.8 Å². The van der Waals surface area contributed by atoms with Gasteiger partial charge in [0.25, 0.3) is 0 Å². The van der Waals surface area contributed by atoms with Crippen LogP contribution in [-0.2, 0) is 0 Å². The minimum absolute atomic E-state index is 0.00802. The summed E-state index contributed by atoms with van der Waals surface area (Å²) in [6, 6.07) is 4.68. The number of nitrogen functional groups attached to an aromatic ring is 1. The van der Waals surface area contributed by atoms with Gasteiger partial charge in [-0.05, 0) is 18.2 Å². The summed E-state index contributed by atoms with van der Waals surface area (Å²) >= 11 is 0.946.